The minimum absolute atomic E-state index is 0.0309. The summed E-state index contributed by atoms with van der Waals surface area (Å²) in [4.78, 5) is 38.8. The van der Waals surface area contributed by atoms with Crippen LogP contribution >= 0.6 is 45.3 Å². The van der Waals surface area contributed by atoms with Crippen molar-refractivity contribution in [3.05, 3.63) is 330 Å². The molecule has 16 rings (SSSR count). The van der Waals surface area contributed by atoms with E-state index in [4.69, 9.17) is 0 Å². The Morgan fingerprint density at radius 3 is 1.01 bits per heavy atom. The van der Waals surface area contributed by atoms with E-state index in [2.05, 4.69) is 124 Å². The van der Waals surface area contributed by atoms with Crippen molar-refractivity contribution >= 4 is 45.3 Å². The summed E-state index contributed by atoms with van der Waals surface area (Å²) >= 11 is 6.45. The molecule has 0 amide bonds. The van der Waals surface area contributed by atoms with Gasteiger partial charge in [0.25, 0.3) is 0 Å². The number of aliphatic hydroxyl groups is 1. The molecule has 4 unspecified atom stereocenters. The highest BCUT2D eigenvalue weighted by Crippen LogP contribution is 2.37. The van der Waals surface area contributed by atoms with Crippen LogP contribution in [0.1, 0.15) is 99.8 Å². The first kappa shape index (κ1) is 67.0. The third-order valence-electron chi connectivity index (χ3n) is 16.1. The third kappa shape index (κ3) is 15.7. The molecular formula is C74H63FN20OS4. The van der Waals surface area contributed by atoms with Gasteiger partial charge in [0.2, 0.25) is 0 Å². The number of pyridine rings is 4. The maximum absolute atomic E-state index is 13.3. The van der Waals surface area contributed by atoms with Crippen LogP contribution in [0.25, 0.3) is 45.0 Å². The van der Waals surface area contributed by atoms with E-state index in [1.165, 1.54) is 21.9 Å². The fourth-order valence-corrected chi connectivity index (χ4v) is 14.8. The smallest absolute Gasteiger partial charge is 0.123 e. The Kier molecular flexibility index (Phi) is 21.3. The molecule has 0 radical (unpaired) electrons. The quantitative estimate of drug-likeness (QED) is 0.0890. The first-order valence-electron chi connectivity index (χ1n) is 31.5. The van der Waals surface area contributed by atoms with E-state index in [1.807, 2.05) is 187 Å². The summed E-state index contributed by atoms with van der Waals surface area (Å²) in [5.41, 5.74) is 24.3. The van der Waals surface area contributed by atoms with Gasteiger partial charge in [-0.2, -0.15) is 0 Å². The summed E-state index contributed by atoms with van der Waals surface area (Å²) in [7, 11) is 0. The Hall–Kier alpha value is -11.6. The van der Waals surface area contributed by atoms with Crippen LogP contribution < -0.4 is 0 Å². The molecule has 16 aromatic rings. The van der Waals surface area contributed by atoms with Crippen LogP contribution in [0.2, 0.25) is 0 Å². The lowest BCUT2D eigenvalue weighted by Gasteiger charge is -2.16. The van der Waals surface area contributed by atoms with Gasteiger partial charge < -0.3 is 5.11 Å². The largest absolute Gasteiger partial charge is 0.392 e. The van der Waals surface area contributed by atoms with E-state index in [1.54, 1.807) is 105 Å². The van der Waals surface area contributed by atoms with Crippen molar-refractivity contribution in [2.45, 2.75) is 65.4 Å². The van der Waals surface area contributed by atoms with E-state index in [9.17, 15) is 9.50 Å². The van der Waals surface area contributed by atoms with Gasteiger partial charge in [0, 0.05) is 71.8 Å². The van der Waals surface area contributed by atoms with Gasteiger partial charge in [-0.25, -0.2) is 43.1 Å². The second kappa shape index (κ2) is 31.8. The molecule has 4 atom stereocenters. The number of rotatable bonds is 17. The number of halogens is 1. The SMILES string of the molecule is Cc1cncc(-c2cn(C(c3ccccc3)c3scnc3C)nn2)c1.Cc1ncsc1C(c1ccc(F)cc1)n1cc(-c2cccnc2)nn1.Cc1ncsc1C(c1ccccc1)n1cc(-c2cccnc2)nn1.Cc1ncsc1C(c1ccccc1)n1cc(-c2cncc(CO)c2)nn1. The van der Waals surface area contributed by atoms with Gasteiger partial charge in [-0.05, 0) is 117 Å². The molecule has 1 N–H and O–H groups in total. The van der Waals surface area contributed by atoms with Crippen molar-refractivity contribution in [1.82, 2.24) is 99.8 Å². The normalized spacial score (nSPS) is 12.2. The zero-order valence-corrected chi connectivity index (χ0v) is 57.9. The first-order valence-corrected chi connectivity index (χ1v) is 35.0. The summed E-state index contributed by atoms with van der Waals surface area (Å²) in [6.07, 6.45) is 21.8. The number of benzene rings is 4. The van der Waals surface area contributed by atoms with E-state index in [0.717, 1.165) is 111 Å². The van der Waals surface area contributed by atoms with Crippen molar-refractivity contribution < 1.29 is 9.50 Å². The third-order valence-corrected chi connectivity index (χ3v) is 20.0. The minimum Gasteiger partial charge on any atom is -0.392 e. The standard InChI is InChI=1S/C19H17N5OS.C19H17N5S.C18H14FN5S.C18H15N5S/c1-13-19(26-12-21-13)18(15-5-3-2-4-6-15)24-10-17(22-23-24)16-7-14(11-25)8-20-9-16;1-13-8-16(10-20-9-13)17-11-24(23-22-17)18(15-6-4-3-5-7-15)19-14(2)21-12-25-19;1-12-18(25-11-21-12)17(13-4-6-15(19)7-5-13)24-10-16(22-23-24)14-3-2-8-20-9-14;1-13-18(24-12-20-13)17(14-6-3-2-4-7-14)23-11-16(21-22-23)15-8-5-9-19-10-15/h2-10,12,18,25H,11H2,1H3;3-12,18H,1-2H3;2-11,17H,1H3;2-12,17H,1H3. The summed E-state index contributed by atoms with van der Waals surface area (Å²) in [6, 6.07) is 48.5. The van der Waals surface area contributed by atoms with Gasteiger partial charge in [-0.1, -0.05) is 124 Å². The Labute approximate surface area is 590 Å². The number of aromatic nitrogens is 20. The predicted molar refractivity (Wildman–Crippen MR) is 386 cm³/mol. The van der Waals surface area contributed by atoms with Crippen LogP contribution in [0.4, 0.5) is 4.39 Å². The predicted octanol–water partition coefficient (Wildman–Crippen LogP) is 14.9. The number of nitrogens with zero attached hydrogens (tertiary/aromatic N) is 20. The van der Waals surface area contributed by atoms with Crippen LogP contribution in [-0.4, -0.2) is 105 Å². The van der Waals surface area contributed by atoms with Gasteiger partial charge in [0.15, 0.2) is 0 Å². The molecule has 21 nitrogen and oxygen atoms in total. The van der Waals surface area contributed by atoms with Crippen molar-refractivity contribution in [3.63, 3.8) is 0 Å². The minimum atomic E-state index is -0.266. The van der Waals surface area contributed by atoms with Crippen LogP contribution in [0.5, 0.6) is 0 Å². The van der Waals surface area contributed by atoms with Crippen molar-refractivity contribution in [2.75, 3.05) is 0 Å². The molecule has 0 bridgehead atoms. The number of thiazole rings is 4. The van der Waals surface area contributed by atoms with Crippen LogP contribution in [-0.2, 0) is 6.61 Å². The monoisotopic (exact) mass is 1390 g/mol. The average Bonchev–Trinajstić information content (AvgIpc) is 1.66. The van der Waals surface area contributed by atoms with E-state index < -0.39 is 0 Å². The Balaban J connectivity index is 0.000000120. The molecule has 0 aliphatic carbocycles. The van der Waals surface area contributed by atoms with Crippen molar-refractivity contribution in [1.29, 1.82) is 0 Å². The van der Waals surface area contributed by atoms with E-state index in [0.29, 0.717) is 0 Å². The van der Waals surface area contributed by atoms with E-state index in [-0.39, 0.29) is 36.6 Å². The second-order valence-corrected chi connectivity index (χ2v) is 26.5. The fourth-order valence-electron chi connectivity index (χ4n) is 11.1. The lowest BCUT2D eigenvalue weighted by Crippen LogP contribution is -2.13. The van der Waals surface area contributed by atoms with E-state index >= 15 is 0 Å². The summed E-state index contributed by atoms with van der Waals surface area (Å²) in [5, 5.41) is 44.1. The molecule has 0 saturated carbocycles. The molecule has 4 aromatic carbocycles. The van der Waals surface area contributed by atoms with Crippen molar-refractivity contribution in [2.24, 2.45) is 0 Å². The van der Waals surface area contributed by atoms with Gasteiger partial charge in [-0.15, -0.1) is 65.7 Å². The zero-order valence-electron chi connectivity index (χ0n) is 54.6. The molecule has 0 saturated heterocycles. The number of aliphatic hydroxyl groups excluding tert-OH is 1. The van der Waals surface area contributed by atoms with Gasteiger partial charge in [0.05, 0.1) is 95.7 Å². The molecule has 26 heteroatoms. The molecular weight excluding hydrogens is 1330 g/mol. The summed E-state index contributed by atoms with van der Waals surface area (Å²) < 4.78 is 20.8. The maximum atomic E-state index is 13.3. The maximum Gasteiger partial charge on any atom is 0.123 e. The molecule has 0 fully saturated rings. The van der Waals surface area contributed by atoms with Crippen LogP contribution in [0, 0.1) is 40.4 Å². The number of hydrogen-bond acceptors (Lipinski definition) is 21. The van der Waals surface area contributed by atoms with Crippen LogP contribution in [0.15, 0.2) is 248 Å². The second-order valence-electron chi connectivity index (χ2n) is 22.9. The average molecular weight is 1400 g/mol. The summed E-state index contributed by atoms with van der Waals surface area (Å²) in [6.45, 7) is 10.00. The molecule has 12 heterocycles. The Bertz CT molecular complexity index is 5210. The number of hydrogen-bond donors (Lipinski definition) is 1. The molecule has 0 spiro atoms. The summed E-state index contributed by atoms with van der Waals surface area (Å²) in [5.74, 6) is -0.266. The lowest BCUT2D eigenvalue weighted by atomic mass is 10.0. The topological polar surface area (TPSA) is 246 Å². The molecule has 100 heavy (non-hydrogen) atoms. The number of aryl methyl sites for hydroxylation is 5. The van der Waals surface area contributed by atoms with Gasteiger partial charge in [0.1, 0.15) is 52.8 Å². The molecule has 0 aliphatic rings. The van der Waals surface area contributed by atoms with Gasteiger partial charge >= 0.3 is 0 Å². The molecule has 496 valence electrons. The van der Waals surface area contributed by atoms with Gasteiger partial charge in [-0.3, -0.25) is 19.9 Å². The zero-order chi connectivity index (χ0) is 68.7. The highest BCUT2D eigenvalue weighted by Gasteiger charge is 2.27. The fraction of sp³-hybridized carbons (Fsp3) is 0.135. The molecule has 0 aliphatic heterocycles. The lowest BCUT2D eigenvalue weighted by molar-refractivity contribution is 0.281. The first-order chi connectivity index (χ1) is 49.0. The Morgan fingerprint density at radius 2 is 0.690 bits per heavy atom. The molecule has 12 aromatic heterocycles. The Morgan fingerprint density at radius 1 is 0.360 bits per heavy atom. The highest BCUT2D eigenvalue weighted by atomic mass is 32.1. The highest BCUT2D eigenvalue weighted by molar-refractivity contribution is 7.10. The van der Waals surface area contributed by atoms with Crippen molar-refractivity contribution in [3.8, 4) is 45.0 Å². The van der Waals surface area contributed by atoms with Crippen LogP contribution in [0.3, 0.4) is 0 Å².